The summed E-state index contributed by atoms with van der Waals surface area (Å²) >= 11 is 0. The number of likely N-dealkylation sites (tertiary alicyclic amines) is 1. The fourth-order valence-corrected chi connectivity index (χ4v) is 4.80. The Hall–Kier alpha value is -3.43. The van der Waals surface area contributed by atoms with Crippen LogP contribution in [0.3, 0.4) is 0 Å². The first kappa shape index (κ1) is 24.7. The number of hydrogen-bond acceptors (Lipinski definition) is 6. The monoisotopic (exact) mass is 481 g/mol. The second kappa shape index (κ2) is 10.1. The lowest BCUT2D eigenvalue weighted by Gasteiger charge is -2.26. The van der Waals surface area contributed by atoms with Gasteiger partial charge in [-0.15, -0.1) is 0 Å². The highest BCUT2D eigenvalue weighted by Crippen LogP contribution is 2.44. The van der Waals surface area contributed by atoms with Gasteiger partial charge in [-0.2, -0.15) is 0 Å². The van der Waals surface area contributed by atoms with Gasteiger partial charge in [0, 0.05) is 18.9 Å². The highest BCUT2D eigenvalue weighted by atomic mass is 16.5. The smallest absolute Gasteiger partial charge is 0.407 e. The molecule has 0 bridgehead atoms. The zero-order valence-corrected chi connectivity index (χ0v) is 19.9. The molecule has 2 aliphatic rings. The van der Waals surface area contributed by atoms with Crippen LogP contribution in [-0.2, 0) is 14.3 Å². The zero-order valence-electron chi connectivity index (χ0n) is 19.9. The molecule has 35 heavy (non-hydrogen) atoms. The Balaban J connectivity index is 1.42. The molecule has 3 N–H and O–H groups in total. The number of fused-ring (bicyclic) bond motifs is 3. The molecule has 1 saturated heterocycles. The Morgan fingerprint density at radius 3 is 2.26 bits per heavy atom. The average Bonchev–Trinajstić information content (AvgIpc) is 3.39. The maximum atomic E-state index is 13.1. The van der Waals surface area contributed by atoms with E-state index in [1.807, 2.05) is 55.4 Å². The minimum Gasteiger partial charge on any atom is -0.479 e. The quantitative estimate of drug-likeness (QED) is 0.527. The van der Waals surface area contributed by atoms with Gasteiger partial charge >= 0.3 is 12.1 Å². The number of aliphatic hydroxyl groups is 1. The maximum absolute atomic E-state index is 13.1. The standard InChI is InChI=1S/C26H31N3O6/c1-28(2)13-11-22(23(30)29-14-12-26(34,16-29)24(31)32)27-25(33)35-15-21-19-9-5-3-7-17(19)18-8-4-6-10-20(18)21/h3-10,21-22,34H,11-16H2,1-2H3,(H,27,33)(H,31,32). The van der Waals surface area contributed by atoms with E-state index in [1.165, 1.54) is 4.90 Å². The van der Waals surface area contributed by atoms with Crippen molar-refractivity contribution >= 4 is 18.0 Å². The van der Waals surface area contributed by atoms with Gasteiger partial charge in [0.25, 0.3) is 0 Å². The van der Waals surface area contributed by atoms with Crippen LogP contribution in [0.15, 0.2) is 48.5 Å². The molecular formula is C26H31N3O6. The van der Waals surface area contributed by atoms with Gasteiger partial charge in [0.1, 0.15) is 12.6 Å². The molecule has 9 heteroatoms. The van der Waals surface area contributed by atoms with Gasteiger partial charge in [-0.25, -0.2) is 9.59 Å². The van der Waals surface area contributed by atoms with Crippen molar-refractivity contribution in [3.63, 3.8) is 0 Å². The molecule has 2 unspecified atom stereocenters. The van der Waals surface area contributed by atoms with E-state index in [0.717, 1.165) is 22.3 Å². The van der Waals surface area contributed by atoms with Gasteiger partial charge in [0.2, 0.25) is 5.91 Å². The van der Waals surface area contributed by atoms with Crippen molar-refractivity contribution in [1.82, 2.24) is 15.1 Å². The van der Waals surface area contributed by atoms with Crippen LogP contribution in [0, 0.1) is 0 Å². The number of carboxylic acids is 1. The van der Waals surface area contributed by atoms with Crippen LogP contribution >= 0.6 is 0 Å². The number of aliphatic carboxylic acids is 1. The Kier molecular flexibility index (Phi) is 7.09. The number of carboxylic acid groups (broad SMARTS) is 1. The Labute approximate surface area is 204 Å². The molecule has 0 aromatic heterocycles. The molecule has 2 amide bonds. The number of nitrogens with one attached hydrogen (secondary N) is 1. The number of alkyl carbamates (subject to hydrolysis) is 1. The summed E-state index contributed by atoms with van der Waals surface area (Å²) in [6.45, 7) is 0.437. The first-order chi connectivity index (χ1) is 16.7. The third-order valence-corrected chi connectivity index (χ3v) is 6.76. The van der Waals surface area contributed by atoms with E-state index in [9.17, 15) is 24.6 Å². The van der Waals surface area contributed by atoms with E-state index in [2.05, 4.69) is 17.4 Å². The van der Waals surface area contributed by atoms with Crippen LogP contribution in [0.5, 0.6) is 0 Å². The molecule has 186 valence electrons. The third-order valence-electron chi connectivity index (χ3n) is 6.76. The van der Waals surface area contributed by atoms with Crippen molar-refractivity contribution in [2.45, 2.75) is 30.4 Å². The average molecular weight is 482 g/mol. The zero-order chi connectivity index (χ0) is 25.2. The summed E-state index contributed by atoms with van der Waals surface area (Å²) < 4.78 is 5.59. The van der Waals surface area contributed by atoms with Crippen molar-refractivity contribution in [2.24, 2.45) is 0 Å². The Morgan fingerprint density at radius 2 is 1.71 bits per heavy atom. The van der Waals surface area contributed by atoms with Crippen LogP contribution in [0.4, 0.5) is 4.79 Å². The summed E-state index contributed by atoms with van der Waals surface area (Å²) in [4.78, 5) is 40.4. The largest absolute Gasteiger partial charge is 0.479 e. The molecule has 2 aromatic rings. The van der Waals surface area contributed by atoms with E-state index in [-0.39, 0.29) is 32.0 Å². The Morgan fingerprint density at radius 1 is 1.11 bits per heavy atom. The molecule has 2 aromatic carbocycles. The van der Waals surface area contributed by atoms with Crippen molar-refractivity contribution in [1.29, 1.82) is 0 Å². The molecular weight excluding hydrogens is 450 g/mol. The number of carbonyl (C=O) groups is 3. The van der Waals surface area contributed by atoms with E-state index in [0.29, 0.717) is 13.0 Å². The Bertz CT molecular complexity index is 1070. The van der Waals surface area contributed by atoms with E-state index >= 15 is 0 Å². The molecule has 1 aliphatic heterocycles. The maximum Gasteiger partial charge on any atom is 0.407 e. The molecule has 4 rings (SSSR count). The van der Waals surface area contributed by atoms with Gasteiger partial charge < -0.3 is 30.1 Å². The van der Waals surface area contributed by atoms with Gasteiger partial charge in [-0.3, -0.25) is 4.79 Å². The van der Waals surface area contributed by atoms with Crippen LogP contribution in [0.1, 0.15) is 29.9 Å². The number of ether oxygens (including phenoxy) is 1. The second-order valence-electron chi connectivity index (χ2n) is 9.46. The van der Waals surface area contributed by atoms with Crippen molar-refractivity contribution < 1.29 is 29.3 Å². The number of benzene rings is 2. The van der Waals surface area contributed by atoms with Crippen LogP contribution in [-0.4, -0.2) is 90.0 Å². The van der Waals surface area contributed by atoms with Crippen molar-refractivity contribution in [3.05, 3.63) is 59.7 Å². The second-order valence-corrected chi connectivity index (χ2v) is 9.46. The van der Waals surface area contributed by atoms with Gasteiger partial charge in [0.05, 0.1) is 6.54 Å². The summed E-state index contributed by atoms with van der Waals surface area (Å²) in [7, 11) is 3.71. The summed E-state index contributed by atoms with van der Waals surface area (Å²) in [5.41, 5.74) is 2.46. The molecule has 0 saturated carbocycles. The lowest BCUT2D eigenvalue weighted by atomic mass is 9.98. The fourth-order valence-electron chi connectivity index (χ4n) is 4.80. The topological polar surface area (TPSA) is 119 Å². The van der Waals surface area contributed by atoms with Crippen LogP contribution in [0.2, 0.25) is 0 Å². The molecule has 2 atom stereocenters. The predicted molar refractivity (Wildman–Crippen MR) is 129 cm³/mol. The van der Waals surface area contributed by atoms with E-state index < -0.39 is 29.6 Å². The minimum atomic E-state index is -1.97. The first-order valence-corrected chi connectivity index (χ1v) is 11.7. The lowest BCUT2D eigenvalue weighted by Crippen LogP contribution is -2.51. The van der Waals surface area contributed by atoms with Gasteiger partial charge in [-0.05, 0) is 49.3 Å². The number of carbonyl (C=O) groups excluding carboxylic acids is 2. The first-order valence-electron chi connectivity index (χ1n) is 11.7. The van der Waals surface area contributed by atoms with E-state index in [4.69, 9.17) is 4.74 Å². The molecule has 0 spiro atoms. The molecule has 0 radical (unpaired) electrons. The lowest BCUT2D eigenvalue weighted by molar-refractivity contribution is -0.157. The van der Waals surface area contributed by atoms with Crippen LogP contribution < -0.4 is 5.32 Å². The minimum absolute atomic E-state index is 0.0561. The molecule has 9 nitrogen and oxygen atoms in total. The molecule has 1 heterocycles. The highest BCUT2D eigenvalue weighted by molar-refractivity contribution is 5.88. The summed E-state index contributed by atoms with van der Waals surface area (Å²) in [6.07, 6.45) is -0.450. The molecule has 1 aliphatic carbocycles. The fraction of sp³-hybridized carbons (Fsp3) is 0.423. The summed E-state index contributed by atoms with van der Waals surface area (Å²) in [5, 5.41) is 22.2. The van der Waals surface area contributed by atoms with Crippen molar-refractivity contribution in [2.75, 3.05) is 40.3 Å². The number of rotatable bonds is 8. The number of nitrogens with zero attached hydrogens (tertiary/aromatic N) is 2. The highest BCUT2D eigenvalue weighted by Gasteiger charge is 2.45. The number of hydrogen-bond donors (Lipinski definition) is 3. The van der Waals surface area contributed by atoms with Crippen molar-refractivity contribution in [3.8, 4) is 11.1 Å². The third kappa shape index (κ3) is 5.16. The summed E-state index contributed by atoms with van der Waals surface area (Å²) in [5.74, 6) is -1.90. The number of amides is 2. The summed E-state index contributed by atoms with van der Waals surface area (Å²) in [6, 6.07) is 15.2. The van der Waals surface area contributed by atoms with Gasteiger partial charge in [-0.1, -0.05) is 48.5 Å². The van der Waals surface area contributed by atoms with E-state index in [1.54, 1.807) is 0 Å². The normalized spacial score (nSPS) is 19.8. The predicted octanol–water partition coefficient (Wildman–Crippen LogP) is 1.89. The van der Waals surface area contributed by atoms with Crippen LogP contribution in [0.25, 0.3) is 11.1 Å². The van der Waals surface area contributed by atoms with Gasteiger partial charge in [0.15, 0.2) is 5.60 Å². The molecule has 1 fully saturated rings. The SMILES string of the molecule is CN(C)CCC(NC(=O)OCC1c2ccccc2-c2ccccc21)C(=O)N1CCC(O)(C(=O)O)C1. The number of β-amino-alcohol motifs (C(OH)–C–C–N with tert-alkyl or cyclic N) is 1.